The fourth-order valence-corrected chi connectivity index (χ4v) is 2.23. The molecule has 0 amide bonds. The Labute approximate surface area is 121 Å². The second-order valence-corrected chi connectivity index (χ2v) is 4.90. The molecule has 0 aliphatic heterocycles. The molecule has 0 aliphatic carbocycles. The summed E-state index contributed by atoms with van der Waals surface area (Å²) in [6.45, 7) is 3.81. The molecule has 0 unspecified atom stereocenters. The fourth-order valence-electron chi connectivity index (χ4n) is 1.89. The minimum Gasteiger partial charge on any atom is -0.361 e. The maximum atomic E-state index is 8.60. The van der Waals surface area contributed by atoms with Gasteiger partial charge in [0.25, 0.3) is 0 Å². The Bertz CT molecular complexity index is 648. The molecule has 0 spiro atoms. The number of rotatable bonds is 2. The number of nitrogens with one attached hydrogen (secondary N) is 1. The largest absolute Gasteiger partial charge is 0.361 e. The molecule has 0 radical (unpaired) electrons. The molecule has 102 valence electrons. The van der Waals surface area contributed by atoms with Crippen LogP contribution in [0.4, 0.5) is 5.69 Å². The summed E-state index contributed by atoms with van der Waals surface area (Å²) >= 11 is 1.39. The summed E-state index contributed by atoms with van der Waals surface area (Å²) in [7, 11) is 0. The van der Waals surface area contributed by atoms with Crippen LogP contribution < -0.4 is 5.32 Å². The van der Waals surface area contributed by atoms with Gasteiger partial charge in [-0.15, -0.1) is 0 Å². The Morgan fingerprint density at radius 1 is 1.35 bits per heavy atom. The van der Waals surface area contributed by atoms with Crippen molar-refractivity contribution in [3.8, 4) is 17.3 Å². The van der Waals surface area contributed by atoms with Gasteiger partial charge in [-0.2, -0.15) is 5.26 Å². The predicted molar refractivity (Wildman–Crippen MR) is 80.8 cm³/mol. The highest BCUT2D eigenvalue weighted by molar-refractivity contribution is 8.13. The molecule has 2 rings (SSSR count). The van der Waals surface area contributed by atoms with Crippen molar-refractivity contribution >= 4 is 22.6 Å². The van der Waals surface area contributed by atoms with E-state index in [1.807, 2.05) is 50.6 Å². The molecule has 5 nitrogen and oxygen atoms in total. The normalized spacial score (nSPS) is 11.2. The second-order valence-electron chi connectivity index (χ2n) is 4.10. The van der Waals surface area contributed by atoms with Gasteiger partial charge in [0.2, 0.25) is 0 Å². The average molecular weight is 286 g/mol. The van der Waals surface area contributed by atoms with E-state index in [0.717, 1.165) is 28.3 Å². The van der Waals surface area contributed by atoms with Crippen LogP contribution in [0.5, 0.6) is 0 Å². The molecule has 0 saturated heterocycles. The van der Waals surface area contributed by atoms with Gasteiger partial charge in [0.15, 0.2) is 11.4 Å². The summed E-state index contributed by atoms with van der Waals surface area (Å²) in [4.78, 5) is 4.34. The zero-order valence-electron chi connectivity index (χ0n) is 11.5. The van der Waals surface area contributed by atoms with E-state index in [0.29, 0.717) is 5.17 Å². The number of nitrogens with zero attached hydrogens (tertiary/aromatic N) is 3. The molecule has 2 aromatic rings. The average Bonchev–Trinajstić information content (AvgIpc) is 2.79. The molecule has 1 N–H and O–H groups in total. The van der Waals surface area contributed by atoms with Gasteiger partial charge >= 0.3 is 0 Å². The Morgan fingerprint density at radius 2 is 2.05 bits per heavy atom. The summed E-state index contributed by atoms with van der Waals surface area (Å²) in [5.74, 6) is 0.801. The zero-order valence-corrected chi connectivity index (χ0v) is 12.3. The molecule has 0 fully saturated rings. The number of thioether (sulfide) groups is 1. The lowest BCUT2D eigenvalue weighted by Crippen LogP contribution is -2.12. The maximum Gasteiger partial charge on any atom is 0.183 e. The molecule has 20 heavy (non-hydrogen) atoms. The van der Waals surface area contributed by atoms with E-state index in [1.165, 1.54) is 11.8 Å². The van der Waals surface area contributed by atoms with Crippen molar-refractivity contribution in [2.45, 2.75) is 13.8 Å². The van der Waals surface area contributed by atoms with Crippen LogP contribution in [0.2, 0.25) is 0 Å². The van der Waals surface area contributed by atoms with Crippen LogP contribution in [-0.4, -0.2) is 16.6 Å². The van der Waals surface area contributed by atoms with E-state index in [1.54, 1.807) is 0 Å². The number of aliphatic imine (C=N–C) groups is 1. The minimum absolute atomic E-state index is 0.567. The van der Waals surface area contributed by atoms with Gasteiger partial charge in [-0.1, -0.05) is 29.1 Å². The van der Waals surface area contributed by atoms with Gasteiger partial charge in [0.05, 0.1) is 11.4 Å². The summed E-state index contributed by atoms with van der Waals surface area (Å²) in [5, 5.41) is 15.7. The molecule has 1 heterocycles. The number of benzene rings is 1. The molecule has 6 heteroatoms. The van der Waals surface area contributed by atoms with Gasteiger partial charge in [0, 0.05) is 5.56 Å². The third-order valence-corrected chi connectivity index (χ3v) is 3.36. The van der Waals surface area contributed by atoms with Crippen LogP contribution in [0, 0.1) is 25.3 Å². The monoisotopic (exact) mass is 286 g/mol. The third kappa shape index (κ3) is 3.00. The topological polar surface area (TPSA) is 74.2 Å². The first-order chi connectivity index (χ1) is 9.65. The van der Waals surface area contributed by atoms with Crippen molar-refractivity contribution in [2.24, 2.45) is 4.99 Å². The summed E-state index contributed by atoms with van der Waals surface area (Å²) < 4.78 is 5.17. The summed E-state index contributed by atoms with van der Waals surface area (Å²) in [6, 6.07) is 7.73. The molecular weight excluding hydrogens is 272 g/mol. The number of amidine groups is 1. The quantitative estimate of drug-likeness (QED) is 0.396. The third-order valence-electron chi connectivity index (χ3n) is 2.78. The van der Waals surface area contributed by atoms with Crippen LogP contribution in [-0.2, 0) is 0 Å². The van der Waals surface area contributed by atoms with Crippen LogP contribution in [0.1, 0.15) is 11.5 Å². The highest BCUT2D eigenvalue weighted by Gasteiger charge is 2.10. The predicted octanol–water partition coefficient (Wildman–Crippen LogP) is 3.38. The molecule has 0 saturated carbocycles. The highest BCUT2D eigenvalue weighted by atomic mass is 32.2. The standard InChI is InChI=1S/C14H14N4OS/c1-9-13(10(2)19-18-9)11-4-6-12(7-5-11)17-14(20-3)16-8-15/h4-7H,1-3H3,(H,16,17). The van der Waals surface area contributed by atoms with Crippen LogP contribution >= 0.6 is 11.8 Å². The first kappa shape index (κ1) is 14.2. The second kappa shape index (κ2) is 6.26. The van der Waals surface area contributed by atoms with E-state index in [4.69, 9.17) is 9.78 Å². The molecule has 1 aromatic carbocycles. The SMILES string of the molecule is CSC(=Nc1ccc(-c2c(C)noc2C)cc1)NC#N. The van der Waals surface area contributed by atoms with Crippen molar-refractivity contribution in [1.82, 2.24) is 10.5 Å². The van der Waals surface area contributed by atoms with Crippen LogP contribution in [0.15, 0.2) is 33.8 Å². The van der Waals surface area contributed by atoms with Crippen LogP contribution in [0.3, 0.4) is 0 Å². The lowest BCUT2D eigenvalue weighted by Gasteiger charge is -2.02. The summed E-state index contributed by atoms with van der Waals surface area (Å²) in [5.41, 5.74) is 3.71. The van der Waals surface area contributed by atoms with Crippen molar-refractivity contribution in [2.75, 3.05) is 6.26 Å². The van der Waals surface area contributed by atoms with Crippen molar-refractivity contribution in [3.63, 3.8) is 0 Å². The molecule has 0 aliphatic rings. The molecule has 0 atom stereocenters. The first-order valence-corrected chi connectivity index (χ1v) is 7.19. The Kier molecular flexibility index (Phi) is 4.43. The first-order valence-electron chi connectivity index (χ1n) is 5.96. The van der Waals surface area contributed by atoms with E-state index in [9.17, 15) is 0 Å². The minimum atomic E-state index is 0.567. The smallest absolute Gasteiger partial charge is 0.183 e. The van der Waals surface area contributed by atoms with Gasteiger partial charge in [0.1, 0.15) is 5.76 Å². The number of hydrogen-bond acceptors (Lipinski definition) is 5. The van der Waals surface area contributed by atoms with Gasteiger partial charge in [-0.05, 0) is 37.8 Å². The van der Waals surface area contributed by atoms with Crippen molar-refractivity contribution in [1.29, 1.82) is 5.26 Å². The fraction of sp³-hybridized carbons (Fsp3) is 0.214. The molecule has 1 aromatic heterocycles. The number of hydrogen-bond donors (Lipinski definition) is 1. The van der Waals surface area contributed by atoms with Crippen LogP contribution in [0.25, 0.3) is 11.1 Å². The maximum absolute atomic E-state index is 8.60. The zero-order chi connectivity index (χ0) is 14.5. The lowest BCUT2D eigenvalue weighted by molar-refractivity contribution is 0.393. The lowest BCUT2D eigenvalue weighted by atomic mass is 10.0. The Balaban J connectivity index is 2.30. The summed E-state index contributed by atoms with van der Waals surface area (Å²) in [6.07, 6.45) is 3.73. The highest BCUT2D eigenvalue weighted by Crippen LogP contribution is 2.28. The number of aryl methyl sites for hydroxylation is 2. The van der Waals surface area contributed by atoms with E-state index < -0.39 is 0 Å². The van der Waals surface area contributed by atoms with Gasteiger partial charge in [-0.3, -0.25) is 5.32 Å². The number of aromatic nitrogens is 1. The Hall–Kier alpha value is -2.26. The van der Waals surface area contributed by atoms with E-state index in [-0.39, 0.29) is 0 Å². The van der Waals surface area contributed by atoms with Gasteiger partial charge in [-0.25, -0.2) is 4.99 Å². The Morgan fingerprint density at radius 3 is 2.55 bits per heavy atom. The van der Waals surface area contributed by atoms with E-state index in [2.05, 4.69) is 15.5 Å². The molecule has 0 bridgehead atoms. The van der Waals surface area contributed by atoms with Crippen molar-refractivity contribution in [3.05, 3.63) is 35.7 Å². The number of nitriles is 1. The van der Waals surface area contributed by atoms with E-state index >= 15 is 0 Å². The van der Waals surface area contributed by atoms with Gasteiger partial charge < -0.3 is 4.52 Å². The molecular formula is C14H14N4OS. The van der Waals surface area contributed by atoms with Crippen molar-refractivity contribution < 1.29 is 4.52 Å².